The number of thioether (sulfide) groups is 1. The lowest BCUT2D eigenvalue weighted by atomic mass is 10.2. The molecule has 208 valence electrons. The first-order valence-electron chi connectivity index (χ1n) is 12.5. The highest BCUT2D eigenvalue weighted by atomic mass is 35.5. The Morgan fingerprint density at radius 3 is 2.50 bits per heavy atom. The molecule has 0 bridgehead atoms. The molecule has 1 aromatic heterocycles. The van der Waals surface area contributed by atoms with Gasteiger partial charge in [-0.1, -0.05) is 24.7 Å². The molecule has 0 spiro atoms. The number of morpholine rings is 1. The van der Waals surface area contributed by atoms with E-state index in [2.05, 4.69) is 11.0 Å². The van der Waals surface area contributed by atoms with Crippen LogP contribution in [0.1, 0.15) is 30.1 Å². The number of anilines is 1. The van der Waals surface area contributed by atoms with Crippen molar-refractivity contribution in [1.29, 1.82) is 0 Å². The van der Waals surface area contributed by atoms with E-state index in [1.54, 1.807) is 35.8 Å². The zero-order valence-corrected chi connectivity index (χ0v) is 25.2. The normalized spacial score (nSPS) is 14.5. The number of sulfonamides is 1. The molecule has 1 aliphatic heterocycles. The number of fused-ring (bicyclic) bond motifs is 1. The van der Waals surface area contributed by atoms with Crippen molar-refractivity contribution in [2.45, 2.75) is 29.6 Å². The number of carbonyl (C=O) groups excluding carboxylic acids is 1. The summed E-state index contributed by atoms with van der Waals surface area (Å²) in [7, 11) is -2.01. The number of hydrogen-bond donors (Lipinski definition) is 0. The quantitative estimate of drug-likeness (QED) is 0.292. The van der Waals surface area contributed by atoms with Gasteiger partial charge in [0, 0.05) is 50.2 Å². The van der Waals surface area contributed by atoms with Crippen LogP contribution in [0.5, 0.6) is 0 Å². The maximum atomic E-state index is 13.7. The topological polar surface area (TPSA) is 83.1 Å². The molecule has 2 heterocycles. The first-order valence-corrected chi connectivity index (χ1v) is 15.9. The Labute approximate surface area is 239 Å². The van der Waals surface area contributed by atoms with E-state index in [9.17, 15) is 13.2 Å². The second-order valence-corrected chi connectivity index (χ2v) is 12.9. The van der Waals surface area contributed by atoms with Crippen molar-refractivity contribution in [1.82, 2.24) is 14.2 Å². The van der Waals surface area contributed by atoms with E-state index in [1.807, 2.05) is 25.3 Å². The van der Waals surface area contributed by atoms with Gasteiger partial charge in [0.05, 0.1) is 28.3 Å². The monoisotopic (exact) mass is 598 g/mol. The molecule has 1 aliphatic rings. The van der Waals surface area contributed by atoms with Crippen molar-refractivity contribution >= 4 is 66.8 Å². The molecule has 4 rings (SSSR count). The molecule has 0 aliphatic carbocycles. The fourth-order valence-electron chi connectivity index (χ4n) is 4.09. The highest BCUT2D eigenvalue weighted by molar-refractivity contribution is 7.98. The minimum absolute atomic E-state index is 0. The van der Waals surface area contributed by atoms with Crippen molar-refractivity contribution in [2.24, 2.45) is 0 Å². The smallest absolute Gasteiger partial charge is 0.260 e. The Balaban J connectivity index is 0.00000400. The molecule has 12 heteroatoms. The van der Waals surface area contributed by atoms with Crippen LogP contribution in [0.3, 0.4) is 0 Å². The third-order valence-corrected chi connectivity index (χ3v) is 10.1. The summed E-state index contributed by atoms with van der Waals surface area (Å²) >= 11 is 3.17. The van der Waals surface area contributed by atoms with Crippen LogP contribution in [0, 0.1) is 0 Å². The average molecular weight is 599 g/mol. The van der Waals surface area contributed by atoms with E-state index in [4.69, 9.17) is 9.72 Å². The Morgan fingerprint density at radius 1 is 1.13 bits per heavy atom. The lowest BCUT2D eigenvalue weighted by Crippen LogP contribution is -2.43. The van der Waals surface area contributed by atoms with Gasteiger partial charge in [0.1, 0.15) is 0 Å². The number of benzene rings is 2. The Hall–Kier alpha value is -1.73. The van der Waals surface area contributed by atoms with Crippen LogP contribution < -0.4 is 4.90 Å². The number of carbonyl (C=O) groups is 1. The fourth-order valence-corrected chi connectivity index (χ4v) is 6.84. The molecule has 1 saturated heterocycles. The third-order valence-electron chi connectivity index (χ3n) is 6.44. The van der Waals surface area contributed by atoms with Gasteiger partial charge >= 0.3 is 0 Å². The van der Waals surface area contributed by atoms with Crippen molar-refractivity contribution in [3.63, 3.8) is 0 Å². The molecule has 8 nitrogen and oxygen atoms in total. The maximum absolute atomic E-state index is 13.7. The van der Waals surface area contributed by atoms with E-state index < -0.39 is 10.0 Å². The number of hydrogen-bond acceptors (Lipinski definition) is 8. The Bertz CT molecular complexity index is 1310. The molecule has 1 amide bonds. The molecule has 2 aromatic carbocycles. The minimum atomic E-state index is -3.60. The highest BCUT2D eigenvalue weighted by Gasteiger charge is 2.25. The van der Waals surface area contributed by atoms with Crippen LogP contribution in [-0.2, 0) is 14.8 Å². The van der Waals surface area contributed by atoms with Gasteiger partial charge in [0.2, 0.25) is 10.0 Å². The summed E-state index contributed by atoms with van der Waals surface area (Å²) in [6.07, 6.45) is 3.75. The van der Waals surface area contributed by atoms with Gasteiger partial charge in [-0.2, -0.15) is 0 Å². The number of thiazole rings is 1. The van der Waals surface area contributed by atoms with Crippen molar-refractivity contribution in [3.8, 4) is 0 Å². The van der Waals surface area contributed by atoms with Crippen LogP contribution >= 0.6 is 35.5 Å². The molecule has 0 atom stereocenters. The van der Waals surface area contributed by atoms with E-state index in [-0.39, 0.29) is 23.2 Å². The largest absolute Gasteiger partial charge is 0.379 e. The van der Waals surface area contributed by atoms with E-state index in [0.29, 0.717) is 43.5 Å². The highest BCUT2D eigenvalue weighted by Crippen LogP contribution is 2.32. The zero-order chi connectivity index (χ0) is 26.4. The van der Waals surface area contributed by atoms with Gasteiger partial charge in [-0.05, 0) is 55.1 Å². The first-order chi connectivity index (χ1) is 17.8. The average Bonchev–Trinajstić information content (AvgIpc) is 3.35. The number of nitrogens with zero attached hydrogens (tertiary/aromatic N) is 4. The predicted molar refractivity (Wildman–Crippen MR) is 159 cm³/mol. The third kappa shape index (κ3) is 7.26. The number of unbranched alkanes of at least 4 members (excludes halogenated alkanes) is 1. The van der Waals surface area contributed by atoms with Crippen molar-refractivity contribution < 1.29 is 17.9 Å². The van der Waals surface area contributed by atoms with Crippen LogP contribution in [0.25, 0.3) is 10.2 Å². The number of rotatable bonds is 11. The zero-order valence-electron chi connectivity index (χ0n) is 22.0. The Morgan fingerprint density at radius 2 is 1.84 bits per heavy atom. The van der Waals surface area contributed by atoms with Crippen LogP contribution in [0.4, 0.5) is 5.13 Å². The summed E-state index contributed by atoms with van der Waals surface area (Å²) < 4.78 is 33.7. The summed E-state index contributed by atoms with van der Waals surface area (Å²) in [5.74, 6) is -0.194. The summed E-state index contributed by atoms with van der Waals surface area (Å²) in [5.41, 5.74) is 1.29. The van der Waals surface area contributed by atoms with Crippen LogP contribution in [0.15, 0.2) is 52.3 Å². The molecule has 38 heavy (non-hydrogen) atoms. The summed E-state index contributed by atoms with van der Waals surface area (Å²) in [5, 5.41) is 0.641. The number of aromatic nitrogens is 1. The summed E-state index contributed by atoms with van der Waals surface area (Å²) in [6, 6.07) is 12.4. The van der Waals surface area contributed by atoms with Gasteiger partial charge in [0.25, 0.3) is 5.91 Å². The van der Waals surface area contributed by atoms with Crippen molar-refractivity contribution in [3.05, 3.63) is 48.0 Å². The molecule has 3 aromatic rings. The van der Waals surface area contributed by atoms with Gasteiger partial charge in [-0.15, -0.1) is 24.2 Å². The maximum Gasteiger partial charge on any atom is 0.260 e. The Kier molecular flexibility index (Phi) is 11.4. The standard InChI is InChI=1S/C26H34N4O4S3.ClH/c1-4-5-12-28(2)37(32,33)22-9-6-20(7-10-22)25(31)30(14-13-29-15-17-34-18-16-29)26-27-23-11-8-21(35-3)19-24(23)36-26;/h6-11,19H,4-5,12-18H2,1-3H3;1H. The molecule has 0 unspecified atom stereocenters. The molecule has 0 saturated carbocycles. The first kappa shape index (κ1) is 30.8. The predicted octanol–water partition coefficient (Wildman–Crippen LogP) is 4.84. The fraction of sp³-hybridized carbons (Fsp3) is 0.462. The molecular formula is C26H35ClN4O4S3. The van der Waals surface area contributed by atoms with Crippen LogP contribution in [-0.4, -0.2) is 87.8 Å². The molecule has 0 N–H and O–H groups in total. The molecular weight excluding hydrogens is 564 g/mol. The van der Waals surface area contributed by atoms with Gasteiger partial charge < -0.3 is 4.74 Å². The second-order valence-electron chi connectivity index (χ2n) is 8.95. The van der Waals surface area contributed by atoms with Gasteiger partial charge in [-0.3, -0.25) is 14.6 Å². The molecule has 0 radical (unpaired) electrons. The van der Waals surface area contributed by atoms with Crippen molar-refractivity contribution in [2.75, 3.05) is 64.1 Å². The number of ether oxygens (including phenoxy) is 1. The lowest BCUT2D eigenvalue weighted by molar-refractivity contribution is 0.0391. The summed E-state index contributed by atoms with van der Waals surface area (Å²) in [6.45, 7) is 6.71. The van der Waals surface area contributed by atoms with Gasteiger partial charge in [0.15, 0.2) is 5.13 Å². The van der Waals surface area contributed by atoms with E-state index >= 15 is 0 Å². The van der Waals surface area contributed by atoms with Crippen LogP contribution in [0.2, 0.25) is 0 Å². The number of amides is 1. The van der Waals surface area contributed by atoms with E-state index in [1.165, 1.54) is 27.8 Å². The lowest BCUT2D eigenvalue weighted by Gasteiger charge is -2.29. The molecule has 1 fully saturated rings. The minimum Gasteiger partial charge on any atom is -0.379 e. The van der Waals surface area contributed by atoms with Gasteiger partial charge in [-0.25, -0.2) is 17.7 Å². The van der Waals surface area contributed by atoms with E-state index in [0.717, 1.165) is 41.0 Å². The second kappa shape index (κ2) is 14.1. The summed E-state index contributed by atoms with van der Waals surface area (Å²) in [4.78, 5) is 23.9. The SMILES string of the molecule is CCCCN(C)S(=O)(=O)c1ccc(C(=O)N(CCN2CCOCC2)c2nc3ccc(SC)cc3s2)cc1.Cl. The number of halogens is 1.